The van der Waals surface area contributed by atoms with Crippen LogP contribution in [0, 0.1) is 0 Å². The number of anilines is 1. The van der Waals surface area contributed by atoms with Crippen LogP contribution in [0.5, 0.6) is 0 Å². The Morgan fingerprint density at radius 2 is 1.68 bits per heavy atom. The molecule has 0 amide bonds. The van der Waals surface area contributed by atoms with E-state index in [1.54, 1.807) is 0 Å². The SMILES string of the molecule is CN(Cc1ccccc1)c1ccc2nc(-c3ccccc3Cl)oc2n1. The largest absolute Gasteiger partial charge is 0.418 e. The van der Waals surface area contributed by atoms with Crippen molar-refractivity contribution in [3.63, 3.8) is 0 Å². The lowest BCUT2D eigenvalue weighted by atomic mass is 10.2. The van der Waals surface area contributed by atoms with E-state index in [1.807, 2.05) is 61.6 Å². The Morgan fingerprint density at radius 3 is 2.48 bits per heavy atom. The molecule has 0 atom stereocenters. The molecule has 0 fully saturated rings. The Hall–Kier alpha value is -2.85. The van der Waals surface area contributed by atoms with Gasteiger partial charge in [-0.15, -0.1) is 0 Å². The maximum absolute atomic E-state index is 6.23. The first-order valence-corrected chi connectivity index (χ1v) is 8.36. The van der Waals surface area contributed by atoms with Crippen molar-refractivity contribution in [3.8, 4) is 11.5 Å². The summed E-state index contributed by atoms with van der Waals surface area (Å²) < 4.78 is 5.84. The maximum atomic E-state index is 6.23. The van der Waals surface area contributed by atoms with Crippen molar-refractivity contribution >= 4 is 28.6 Å². The van der Waals surface area contributed by atoms with Crippen LogP contribution in [0.3, 0.4) is 0 Å². The molecule has 0 aliphatic heterocycles. The quantitative estimate of drug-likeness (QED) is 0.509. The second-order valence-corrected chi connectivity index (χ2v) is 6.24. The van der Waals surface area contributed by atoms with Crippen LogP contribution in [0.15, 0.2) is 71.1 Å². The topological polar surface area (TPSA) is 42.2 Å². The first-order valence-electron chi connectivity index (χ1n) is 7.98. The highest BCUT2D eigenvalue weighted by Crippen LogP contribution is 2.30. The zero-order valence-corrected chi connectivity index (χ0v) is 14.4. The molecule has 25 heavy (non-hydrogen) atoms. The summed E-state index contributed by atoms with van der Waals surface area (Å²) in [6, 6.07) is 21.6. The highest BCUT2D eigenvalue weighted by Gasteiger charge is 2.13. The van der Waals surface area contributed by atoms with Gasteiger partial charge in [0.2, 0.25) is 11.6 Å². The van der Waals surface area contributed by atoms with Gasteiger partial charge in [-0.05, 0) is 29.8 Å². The molecule has 2 heterocycles. The van der Waals surface area contributed by atoms with E-state index < -0.39 is 0 Å². The van der Waals surface area contributed by atoms with Crippen LogP contribution >= 0.6 is 11.6 Å². The fourth-order valence-electron chi connectivity index (χ4n) is 2.71. The van der Waals surface area contributed by atoms with Crippen LogP contribution in [-0.4, -0.2) is 17.0 Å². The molecule has 4 aromatic rings. The lowest BCUT2D eigenvalue weighted by molar-refractivity contribution is 0.607. The van der Waals surface area contributed by atoms with E-state index in [-0.39, 0.29) is 0 Å². The Labute approximate surface area is 150 Å². The normalized spacial score (nSPS) is 11.0. The molecule has 0 saturated carbocycles. The number of aromatic nitrogens is 2. The van der Waals surface area contributed by atoms with E-state index in [1.165, 1.54) is 5.56 Å². The van der Waals surface area contributed by atoms with Crippen molar-refractivity contribution in [3.05, 3.63) is 77.3 Å². The van der Waals surface area contributed by atoms with Gasteiger partial charge in [-0.1, -0.05) is 54.1 Å². The van der Waals surface area contributed by atoms with Gasteiger partial charge in [0, 0.05) is 13.6 Å². The molecule has 4 rings (SSSR count). The molecule has 0 aliphatic carbocycles. The third-order valence-corrected chi connectivity index (χ3v) is 4.33. The molecule has 0 N–H and O–H groups in total. The first kappa shape index (κ1) is 15.7. The Bertz CT molecular complexity index is 1010. The van der Waals surface area contributed by atoms with Gasteiger partial charge in [0.25, 0.3) is 0 Å². The number of halogens is 1. The van der Waals surface area contributed by atoms with Gasteiger partial charge in [0.15, 0.2) is 0 Å². The highest BCUT2D eigenvalue weighted by molar-refractivity contribution is 6.33. The van der Waals surface area contributed by atoms with Crippen molar-refractivity contribution in [2.24, 2.45) is 0 Å². The van der Waals surface area contributed by atoms with Crippen molar-refractivity contribution in [2.45, 2.75) is 6.54 Å². The van der Waals surface area contributed by atoms with Crippen molar-refractivity contribution in [1.82, 2.24) is 9.97 Å². The lowest BCUT2D eigenvalue weighted by Crippen LogP contribution is -2.17. The molecule has 0 unspecified atom stereocenters. The van der Waals surface area contributed by atoms with E-state index in [9.17, 15) is 0 Å². The molecule has 0 saturated heterocycles. The standard InChI is InChI=1S/C20H16ClN3O/c1-24(13-14-7-3-2-4-8-14)18-12-11-17-20(23-18)25-19(22-17)15-9-5-6-10-16(15)21/h2-12H,13H2,1H3. The van der Waals surface area contributed by atoms with Gasteiger partial charge in [0.05, 0.1) is 10.6 Å². The molecule has 4 nitrogen and oxygen atoms in total. The smallest absolute Gasteiger partial charge is 0.249 e. The summed E-state index contributed by atoms with van der Waals surface area (Å²) in [6.45, 7) is 0.769. The van der Waals surface area contributed by atoms with Gasteiger partial charge in [-0.2, -0.15) is 4.98 Å². The minimum Gasteiger partial charge on any atom is -0.418 e. The number of hydrogen-bond acceptors (Lipinski definition) is 4. The van der Waals surface area contributed by atoms with E-state index in [4.69, 9.17) is 16.0 Å². The highest BCUT2D eigenvalue weighted by atomic mass is 35.5. The fourth-order valence-corrected chi connectivity index (χ4v) is 2.92. The minimum atomic E-state index is 0.482. The molecule has 0 bridgehead atoms. The Balaban J connectivity index is 1.65. The summed E-state index contributed by atoms with van der Waals surface area (Å²) in [5.41, 5.74) is 3.21. The van der Waals surface area contributed by atoms with Crippen LogP contribution < -0.4 is 4.90 Å². The molecule has 2 aromatic carbocycles. The van der Waals surface area contributed by atoms with E-state index in [0.29, 0.717) is 22.1 Å². The minimum absolute atomic E-state index is 0.482. The third kappa shape index (κ3) is 3.21. The van der Waals surface area contributed by atoms with Crippen LogP contribution in [0.2, 0.25) is 5.02 Å². The van der Waals surface area contributed by atoms with Crippen molar-refractivity contribution in [1.29, 1.82) is 0 Å². The number of benzene rings is 2. The summed E-state index contributed by atoms with van der Waals surface area (Å²) in [5, 5.41) is 0.607. The van der Waals surface area contributed by atoms with Crippen molar-refractivity contribution in [2.75, 3.05) is 11.9 Å². The third-order valence-electron chi connectivity index (χ3n) is 4.00. The molecule has 124 valence electrons. The van der Waals surface area contributed by atoms with Crippen LogP contribution in [-0.2, 0) is 6.54 Å². The number of pyridine rings is 1. The Morgan fingerprint density at radius 1 is 0.920 bits per heavy atom. The monoisotopic (exact) mass is 349 g/mol. The summed E-state index contributed by atoms with van der Waals surface area (Å²) in [4.78, 5) is 11.2. The summed E-state index contributed by atoms with van der Waals surface area (Å²) in [7, 11) is 2.01. The molecule has 5 heteroatoms. The second kappa shape index (κ2) is 6.57. The van der Waals surface area contributed by atoms with Gasteiger partial charge in [-0.25, -0.2) is 4.98 Å². The van der Waals surface area contributed by atoms with E-state index in [0.717, 1.165) is 17.9 Å². The molecular weight excluding hydrogens is 334 g/mol. The number of rotatable bonds is 4. The van der Waals surface area contributed by atoms with Crippen LogP contribution in [0.4, 0.5) is 5.82 Å². The van der Waals surface area contributed by atoms with Gasteiger partial charge in [-0.3, -0.25) is 0 Å². The maximum Gasteiger partial charge on any atom is 0.249 e. The van der Waals surface area contributed by atoms with Gasteiger partial charge in [0.1, 0.15) is 11.3 Å². The molecular formula is C20H16ClN3O. The summed E-state index contributed by atoms with van der Waals surface area (Å²) >= 11 is 6.23. The number of fused-ring (bicyclic) bond motifs is 1. The zero-order chi connectivity index (χ0) is 17.2. The van der Waals surface area contributed by atoms with Gasteiger partial charge < -0.3 is 9.32 Å². The number of nitrogens with zero attached hydrogens (tertiary/aromatic N) is 3. The number of hydrogen-bond donors (Lipinski definition) is 0. The summed E-state index contributed by atoms with van der Waals surface area (Å²) in [6.07, 6.45) is 0. The van der Waals surface area contributed by atoms with Crippen LogP contribution in [0.25, 0.3) is 22.7 Å². The van der Waals surface area contributed by atoms with Crippen LogP contribution in [0.1, 0.15) is 5.56 Å². The molecule has 0 aliphatic rings. The van der Waals surface area contributed by atoms with E-state index in [2.05, 4.69) is 27.0 Å². The average molecular weight is 350 g/mol. The number of oxazole rings is 1. The van der Waals surface area contributed by atoms with Gasteiger partial charge >= 0.3 is 0 Å². The molecule has 2 aromatic heterocycles. The predicted molar refractivity (Wildman–Crippen MR) is 101 cm³/mol. The lowest BCUT2D eigenvalue weighted by Gasteiger charge is -2.17. The Kier molecular flexibility index (Phi) is 4.12. The summed E-state index contributed by atoms with van der Waals surface area (Å²) in [5.74, 6) is 1.31. The van der Waals surface area contributed by atoms with E-state index >= 15 is 0 Å². The molecule has 0 radical (unpaired) electrons. The first-order chi connectivity index (χ1) is 12.2. The molecule has 0 spiro atoms. The fraction of sp³-hybridized carbons (Fsp3) is 0.100. The zero-order valence-electron chi connectivity index (χ0n) is 13.7. The predicted octanol–water partition coefficient (Wildman–Crippen LogP) is 5.18. The van der Waals surface area contributed by atoms with Crippen molar-refractivity contribution < 1.29 is 4.42 Å². The second-order valence-electron chi connectivity index (χ2n) is 5.83. The average Bonchev–Trinajstić information content (AvgIpc) is 3.06.